The van der Waals surface area contributed by atoms with Gasteiger partial charge in [0.25, 0.3) is 5.91 Å². The highest BCUT2D eigenvalue weighted by Crippen LogP contribution is 2.12. The van der Waals surface area contributed by atoms with E-state index in [1.54, 1.807) is 31.2 Å². The fourth-order valence-electron chi connectivity index (χ4n) is 1.52. The molecule has 0 saturated carbocycles. The largest absolute Gasteiger partial charge is 0.484 e. The van der Waals surface area contributed by atoms with Gasteiger partial charge in [-0.1, -0.05) is 13.8 Å². The number of rotatable bonds is 7. The Balaban J connectivity index is 2.32. The summed E-state index contributed by atoms with van der Waals surface area (Å²) in [4.78, 5) is 23.4. The number of nitrogens with two attached hydrogens (primary N) is 1. The Morgan fingerprint density at radius 1 is 1.19 bits per heavy atom. The van der Waals surface area contributed by atoms with E-state index in [-0.39, 0.29) is 18.4 Å². The Hall–Kier alpha value is -2.24. The third kappa shape index (κ3) is 6.65. The van der Waals surface area contributed by atoms with E-state index >= 15 is 0 Å². The van der Waals surface area contributed by atoms with Gasteiger partial charge < -0.3 is 21.1 Å². The van der Waals surface area contributed by atoms with E-state index in [1.165, 1.54) is 0 Å². The van der Waals surface area contributed by atoms with Crippen molar-refractivity contribution in [2.75, 3.05) is 18.9 Å². The van der Waals surface area contributed by atoms with Gasteiger partial charge in [-0.05, 0) is 37.1 Å². The Morgan fingerprint density at radius 3 is 2.38 bits per heavy atom. The fraction of sp³-hybridized carbons (Fsp3) is 0.467. The van der Waals surface area contributed by atoms with Crippen molar-refractivity contribution in [3.63, 3.8) is 0 Å². The summed E-state index contributed by atoms with van der Waals surface area (Å²) in [7, 11) is 0. The summed E-state index contributed by atoms with van der Waals surface area (Å²) in [6.07, 6.45) is 0. The van der Waals surface area contributed by atoms with Gasteiger partial charge in [0.1, 0.15) is 11.8 Å². The molecule has 0 aliphatic carbocycles. The van der Waals surface area contributed by atoms with Crippen molar-refractivity contribution in [3.05, 3.63) is 24.3 Å². The molecule has 6 heteroatoms. The van der Waals surface area contributed by atoms with E-state index in [2.05, 4.69) is 10.6 Å². The van der Waals surface area contributed by atoms with Crippen LogP contribution in [0.1, 0.15) is 20.8 Å². The van der Waals surface area contributed by atoms with Crippen LogP contribution in [0.5, 0.6) is 5.75 Å². The predicted octanol–water partition coefficient (Wildman–Crippen LogP) is 0.925. The second kappa shape index (κ2) is 8.14. The number of amides is 2. The van der Waals surface area contributed by atoms with Gasteiger partial charge in [0.05, 0.1) is 0 Å². The normalized spacial score (nSPS) is 11.8. The first-order valence-electron chi connectivity index (χ1n) is 6.94. The highest BCUT2D eigenvalue weighted by molar-refractivity contribution is 5.87. The fourth-order valence-corrected chi connectivity index (χ4v) is 1.52. The Kier molecular flexibility index (Phi) is 6.52. The molecule has 1 aromatic rings. The molecule has 1 unspecified atom stereocenters. The SMILES string of the molecule is CC(C)CNC(=O)C(C)NC(=O)COc1ccc(N)cc1. The quantitative estimate of drug-likeness (QED) is 0.652. The van der Waals surface area contributed by atoms with Crippen molar-refractivity contribution in [1.82, 2.24) is 10.6 Å². The van der Waals surface area contributed by atoms with Crippen LogP contribution in [-0.4, -0.2) is 31.0 Å². The van der Waals surface area contributed by atoms with Crippen LogP contribution in [0.4, 0.5) is 5.69 Å². The highest BCUT2D eigenvalue weighted by Gasteiger charge is 2.15. The number of hydrogen-bond donors (Lipinski definition) is 3. The minimum absolute atomic E-state index is 0.147. The average molecular weight is 293 g/mol. The van der Waals surface area contributed by atoms with Crippen molar-refractivity contribution in [3.8, 4) is 5.75 Å². The molecular formula is C15H23N3O3. The van der Waals surface area contributed by atoms with E-state index in [0.29, 0.717) is 23.9 Å². The van der Waals surface area contributed by atoms with E-state index in [9.17, 15) is 9.59 Å². The van der Waals surface area contributed by atoms with Gasteiger partial charge in [-0.3, -0.25) is 9.59 Å². The van der Waals surface area contributed by atoms with E-state index in [0.717, 1.165) is 0 Å². The molecule has 0 fully saturated rings. The molecule has 1 rings (SSSR count). The third-order valence-electron chi connectivity index (χ3n) is 2.71. The van der Waals surface area contributed by atoms with Crippen LogP contribution >= 0.6 is 0 Å². The first kappa shape index (κ1) is 16.8. The summed E-state index contributed by atoms with van der Waals surface area (Å²) < 4.78 is 5.30. The summed E-state index contributed by atoms with van der Waals surface area (Å²) in [5.74, 6) is 0.366. The van der Waals surface area contributed by atoms with Gasteiger partial charge in [-0.15, -0.1) is 0 Å². The molecule has 1 atom stereocenters. The summed E-state index contributed by atoms with van der Waals surface area (Å²) in [6.45, 7) is 6.08. The molecule has 0 aliphatic heterocycles. The second-order valence-corrected chi connectivity index (χ2v) is 5.29. The van der Waals surface area contributed by atoms with E-state index in [4.69, 9.17) is 10.5 Å². The van der Waals surface area contributed by atoms with Crippen LogP contribution in [0, 0.1) is 5.92 Å². The molecule has 0 saturated heterocycles. The van der Waals surface area contributed by atoms with Crippen LogP contribution in [0.15, 0.2) is 24.3 Å². The zero-order valence-corrected chi connectivity index (χ0v) is 12.7. The minimum atomic E-state index is -0.591. The topological polar surface area (TPSA) is 93.5 Å². The lowest BCUT2D eigenvalue weighted by Crippen LogP contribution is -2.46. The molecule has 0 aromatic heterocycles. The molecule has 0 spiro atoms. The van der Waals surface area contributed by atoms with Gasteiger partial charge in [0.15, 0.2) is 6.61 Å². The van der Waals surface area contributed by atoms with Gasteiger partial charge in [-0.2, -0.15) is 0 Å². The number of benzene rings is 1. The van der Waals surface area contributed by atoms with Gasteiger partial charge in [0.2, 0.25) is 5.91 Å². The summed E-state index contributed by atoms with van der Waals surface area (Å²) >= 11 is 0. The molecular weight excluding hydrogens is 270 g/mol. The molecule has 0 bridgehead atoms. The number of nitrogen functional groups attached to an aromatic ring is 1. The number of anilines is 1. The van der Waals surface area contributed by atoms with Crippen LogP contribution in [0.25, 0.3) is 0 Å². The lowest BCUT2D eigenvalue weighted by atomic mass is 10.2. The van der Waals surface area contributed by atoms with Gasteiger partial charge in [0, 0.05) is 12.2 Å². The van der Waals surface area contributed by atoms with Crippen LogP contribution < -0.4 is 21.1 Å². The molecule has 1 aromatic carbocycles. The smallest absolute Gasteiger partial charge is 0.258 e. The number of hydrogen-bond acceptors (Lipinski definition) is 4. The zero-order chi connectivity index (χ0) is 15.8. The summed E-state index contributed by atoms with van der Waals surface area (Å²) in [6, 6.07) is 6.15. The lowest BCUT2D eigenvalue weighted by Gasteiger charge is -2.15. The van der Waals surface area contributed by atoms with Gasteiger partial charge in [-0.25, -0.2) is 0 Å². The molecule has 6 nitrogen and oxygen atoms in total. The van der Waals surface area contributed by atoms with Crippen LogP contribution in [0.2, 0.25) is 0 Å². The average Bonchev–Trinajstić information content (AvgIpc) is 2.44. The highest BCUT2D eigenvalue weighted by atomic mass is 16.5. The standard InChI is InChI=1S/C15H23N3O3/c1-10(2)8-17-15(20)11(3)18-14(19)9-21-13-6-4-12(16)5-7-13/h4-7,10-11H,8-9,16H2,1-3H3,(H,17,20)(H,18,19). The maximum Gasteiger partial charge on any atom is 0.258 e. The maximum absolute atomic E-state index is 11.7. The molecule has 0 radical (unpaired) electrons. The molecule has 21 heavy (non-hydrogen) atoms. The third-order valence-corrected chi connectivity index (χ3v) is 2.71. The van der Waals surface area contributed by atoms with Gasteiger partial charge >= 0.3 is 0 Å². The predicted molar refractivity (Wildman–Crippen MR) is 81.8 cm³/mol. The number of nitrogens with one attached hydrogen (secondary N) is 2. The van der Waals surface area contributed by atoms with Crippen LogP contribution in [-0.2, 0) is 9.59 Å². The first-order valence-corrected chi connectivity index (χ1v) is 6.94. The Morgan fingerprint density at radius 2 is 1.81 bits per heavy atom. The molecule has 4 N–H and O–H groups in total. The monoisotopic (exact) mass is 293 g/mol. The summed E-state index contributed by atoms with van der Waals surface area (Å²) in [5.41, 5.74) is 6.18. The van der Waals surface area contributed by atoms with E-state index in [1.807, 2.05) is 13.8 Å². The maximum atomic E-state index is 11.7. The minimum Gasteiger partial charge on any atom is -0.484 e. The second-order valence-electron chi connectivity index (χ2n) is 5.29. The summed E-state index contributed by atoms with van der Waals surface area (Å²) in [5, 5.41) is 5.34. The zero-order valence-electron chi connectivity index (χ0n) is 12.7. The van der Waals surface area contributed by atoms with Crippen molar-refractivity contribution in [1.29, 1.82) is 0 Å². The van der Waals surface area contributed by atoms with E-state index < -0.39 is 6.04 Å². The molecule has 2 amide bonds. The van der Waals surface area contributed by atoms with Crippen molar-refractivity contribution in [2.45, 2.75) is 26.8 Å². The lowest BCUT2D eigenvalue weighted by molar-refractivity contribution is -0.129. The van der Waals surface area contributed by atoms with Crippen molar-refractivity contribution < 1.29 is 14.3 Å². The first-order chi connectivity index (χ1) is 9.88. The molecule has 0 aliphatic rings. The van der Waals surface area contributed by atoms with Crippen molar-refractivity contribution >= 4 is 17.5 Å². The number of carbonyl (C=O) groups excluding carboxylic acids is 2. The molecule has 0 heterocycles. The number of ether oxygens (including phenoxy) is 1. The van der Waals surface area contributed by atoms with Crippen LogP contribution in [0.3, 0.4) is 0 Å². The Bertz CT molecular complexity index is 472. The van der Waals surface area contributed by atoms with Crippen molar-refractivity contribution in [2.24, 2.45) is 5.92 Å². The molecule has 116 valence electrons. The Labute approximate surface area is 125 Å². The number of carbonyl (C=O) groups is 2.